The van der Waals surface area contributed by atoms with Gasteiger partial charge in [0.15, 0.2) is 0 Å². The van der Waals surface area contributed by atoms with Crippen molar-refractivity contribution in [1.82, 2.24) is 15.0 Å². The van der Waals surface area contributed by atoms with Crippen LogP contribution in [0.15, 0.2) is 11.2 Å². The topological polar surface area (TPSA) is 30.7 Å². The number of aromatic nitrogens is 3. The van der Waals surface area contributed by atoms with Crippen molar-refractivity contribution < 1.29 is 0 Å². The third kappa shape index (κ3) is 1.01. The molecule has 1 aromatic heterocycles. The standard InChI is InChI=1S/C4H7N3S/c1-7-5-3-4(6-7)8-2/h3H,1-2H3. The lowest BCUT2D eigenvalue weighted by atomic mass is 11.0. The molecule has 0 fully saturated rings. The largest absolute Gasteiger partial charge is 0.187 e. The molecular formula is C4H7N3S. The molecule has 0 bridgehead atoms. The molecule has 3 nitrogen and oxygen atoms in total. The maximum absolute atomic E-state index is 4.00. The van der Waals surface area contributed by atoms with Gasteiger partial charge in [-0.1, -0.05) is 0 Å². The number of rotatable bonds is 1. The molecule has 0 saturated heterocycles. The second-order valence-electron chi connectivity index (χ2n) is 1.38. The minimum atomic E-state index is 0.965. The lowest BCUT2D eigenvalue weighted by Crippen LogP contribution is -1.90. The summed E-state index contributed by atoms with van der Waals surface area (Å²) in [6, 6.07) is 0. The second kappa shape index (κ2) is 2.17. The van der Waals surface area contributed by atoms with Gasteiger partial charge in [0.25, 0.3) is 0 Å². The summed E-state index contributed by atoms with van der Waals surface area (Å²) in [5.74, 6) is 0. The summed E-state index contributed by atoms with van der Waals surface area (Å²) in [5.41, 5.74) is 0. The van der Waals surface area contributed by atoms with E-state index in [1.165, 1.54) is 0 Å². The van der Waals surface area contributed by atoms with Crippen LogP contribution < -0.4 is 0 Å². The van der Waals surface area contributed by atoms with Crippen molar-refractivity contribution >= 4 is 11.8 Å². The van der Waals surface area contributed by atoms with Crippen molar-refractivity contribution in [2.24, 2.45) is 7.05 Å². The first-order valence-corrected chi connectivity index (χ1v) is 3.45. The number of aryl methyl sites for hydroxylation is 1. The van der Waals surface area contributed by atoms with Gasteiger partial charge in [-0.2, -0.15) is 9.90 Å². The average Bonchev–Trinajstić information content (AvgIpc) is 2.14. The zero-order chi connectivity index (χ0) is 5.98. The molecule has 1 aromatic rings. The fourth-order valence-corrected chi connectivity index (χ4v) is 0.773. The maximum atomic E-state index is 4.00. The molecule has 0 aliphatic heterocycles. The van der Waals surface area contributed by atoms with E-state index in [1.807, 2.05) is 6.26 Å². The number of hydrogen-bond donors (Lipinski definition) is 0. The fraction of sp³-hybridized carbons (Fsp3) is 0.500. The van der Waals surface area contributed by atoms with Crippen LogP contribution in [0.4, 0.5) is 0 Å². The highest BCUT2D eigenvalue weighted by molar-refractivity contribution is 7.98. The zero-order valence-corrected chi connectivity index (χ0v) is 5.64. The minimum absolute atomic E-state index is 0.965. The summed E-state index contributed by atoms with van der Waals surface area (Å²) >= 11 is 1.60. The zero-order valence-electron chi connectivity index (χ0n) is 4.83. The van der Waals surface area contributed by atoms with Gasteiger partial charge in [0.1, 0.15) is 5.03 Å². The Morgan fingerprint density at radius 2 is 2.50 bits per heavy atom. The molecule has 0 unspecified atom stereocenters. The van der Waals surface area contributed by atoms with E-state index in [2.05, 4.69) is 10.2 Å². The minimum Gasteiger partial charge on any atom is -0.187 e. The quantitative estimate of drug-likeness (QED) is 0.518. The Hall–Kier alpha value is -0.510. The monoisotopic (exact) mass is 129 g/mol. The van der Waals surface area contributed by atoms with Gasteiger partial charge in [-0.25, -0.2) is 0 Å². The first-order chi connectivity index (χ1) is 3.83. The Morgan fingerprint density at radius 3 is 2.75 bits per heavy atom. The van der Waals surface area contributed by atoms with Gasteiger partial charge in [0.2, 0.25) is 0 Å². The summed E-state index contributed by atoms with van der Waals surface area (Å²) < 4.78 is 0. The molecule has 4 heteroatoms. The van der Waals surface area contributed by atoms with Gasteiger partial charge in [-0.15, -0.1) is 16.9 Å². The molecule has 8 heavy (non-hydrogen) atoms. The summed E-state index contributed by atoms with van der Waals surface area (Å²) in [4.78, 5) is 1.55. The fourth-order valence-electron chi connectivity index (χ4n) is 0.421. The lowest BCUT2D eigenvalue weighted by molar-refractivity contribution is 0.641. The molecule has 44 valence electrons. The Labute approximate surface area is 52.1 Å². The van der Waals surface area contributed by atoms with E-state index in [1.54, 1.807) is 29.8 Å². The first kappa shape index (κ1) is 5.62. The highest BCUT2D eigenvalue weighted by Gasteiger charge is 1.90. The van der Waals surface area contributed by atoms with Crippen molar-refractivity contribution in [2.75, 3.05) is 6.26 Å². The van der Waals surface area contributed by atoms with Crippen LogP contribution in [0.5, 0.6) is 0 Å². The smallest absolute Gasteiger partial charge is 0.138 e. The van der Waals surface area contributed by atoms with Crippen LogP contribution in [0.1, 0.15) is 0 Å². The SMILES string of the molecule is CSc1cnn(C)n1. The number of thioether (sulfide) groups is 1. The average molecular weight is 129 g/mol. The van der Waals surface area contributed by atoms with E-state index in [9.17, 15) is 0 Å². The van der Waals surface area contributed by atoms with Gasteiger partial charge in [-0.05, 0) is 6.26 Å². The predicted molar refractivity (Wildman–Crippen MR) is 32.8 cm³/mol. The van der Waals surface area contributed by atoms with E-state index < -0.39 is 0 Å². The second-order valence-corrected chi connectivity index (χ2v) is 2.20. The molecule has 0 radical (unpaired) electrons. The van der Waals surface area contributed by atoms with E-state index in [-0.39, 0.29) is 0 Å². The van der Waals surface area contributed by atoms with Gasteiger partial charge in [-0.3, -0.25) is 0 Å². The Morgan fingerprint density at radius 1 is 1.75 bits per heavy atom. The Balaban J connectivity index is 2.84. The maximum Gasteiger partial charge on any atom is 0.138 e. The van der Waals surface area contributed by atoms with Crippen molar-refractivity contribution in [3.63, 3.8) is 0 Å². The van der Waals surface area contributed by atoms with Gasteiger partial charge in [0.05, 0.1) is 6.20 Å². The van der Waals surface area contributed by atoms with Crippen LogP contribution in [0.3, 0.4) is 0 Å². The van der Waals surface area contributed by atoms with E-state index in [0.29, 0.717) is 0 Å². The number of hydrogen-bond acceptors (Lipinski definition) is 3. The molecule has 1 heterocycles. The molecule has 0 aliphatic carbocycles. The summed E-state index contributed by atoms with van der Waals surface area (Å²) in [7, 11) is 1.81. The molecule has 0 aromatic carbocycles. The molecule has 0 N–H and O–H groups in total. The highest BCUT2D eigenvalue weighted by atomic mass is 32.2. The third-order valence-corrected chi connectivity index (χ3v) is 1.39. The van der Waals surface area contributed by atoms with Crippen LogP contribution in [-0.2, 0) is 7.05 Å². The van der Waals surface area contributed by atoms with Crippen molar-refractivity contribution in [3.8, 4) is 0 Å². The van der Waals surface area contributed by atoms with E-state index >= 15 is 0 Å². The summed E-state index contributed by atoms with van der Waals surface area (Å²) in [6.45, 7) is 0. The molecule has 0 amide bonds. The number of nitrogens with zero attached hydrogens (tertiary/aromatic N) is 3. The van der Waals surface area contributed by atoms with E-state index in [4.69, 9.17) is 0 Å². The highest BCUT2D eigenvalue weighted by Crippen LogP contribution is 2.06. The van der Waals surface area contributed by atoms with Crippen molar-refractivity contribution in [2.45, 2.75) is 5.03 Å². The first-order valence-electron chi connectivity index (χ1n) is 2.23. The van der Waals surface area contributed by atoms with Gasteiger partial charge in [0, 0.05) is 7.05 Å². The molecule has 1 rings (SSSR count). The molecule has 0 spiro atoms. The molecule has 0 atom stereocenters. The normalized spacial score (nSPS) is 9.75. The molecule has 0 aliphatic rings. The van der Waals surface area contributed by atoms with Crippen LogP contribution in [0.25, 0.3) is 0 Å². The predicted octanol–water partition coefficient (Wildman–Crippen LogP) is 0.537. The van der Waals surface area contributed by atoms with Crippen LogP contribution in [0.2, 0.25) is 0 Å². The van der Waals surface area contributed by atoms with Gasteiger partial charge < -0.3 is 0 Å². The van der Waals surface area contributed by atoms with Gasteiger partial charge >= 0.3 is 0 Å². The van der Waals surface area contributed by atoms with Crippen molar-refractivity contribution in [1.29, 1.82) is 0 Å². The molecule has 0 saturated carbocycles. The Bertz CT molecular complexity index is 172. The van der Waals surface area contributed by atoms with E-state index in [0.717, 1.165) is 5.03 Å². The van der Waals surface area contributed by atoms with Crippen LogP contribution >= 0.6 is 11.8 Å². The van der Waals surface area contributed by atoms with Crippen molar-refractivity contribution in [3.05, 3.63) is 6.20 Å². The van der Waals surface area contributed by atoms with Crippen LogP contribution in [0, 0.1) is 0 Å². The summed E-state index contributed by atoms with van der Waals surface area (Å²) in [6.07, 6.45) is 3.72. The summed E-state index contributed by atoms with van der Waals surface area (Å²) in [5, 5.41) is 8.84. The van der Waals surface area contributed by atoms with Crippen LogP contribution in [-0.4, -0.2) is 21.2 Å². The lowest BCUT2D eigenvalue weighted by Gasteiger charge is -1.80. The Kier molecular flexibility index (Phi) is 1.53. The molecular weight excluding hydrogens is 122 g/mol. The third-order valence-electron chi connectivity index (χ3n) is 0.788.